The van der Waals surface area contributed by atoms with E-state index >= 15 is 0 Å². The van der Waals surface area contributed by atoms with Gasteiger partial charge in [0.2, 0.25) is 0 Å². The van der Waals surface area contributed by atoms with E-state index in [4.69, 9.17) is 4.74 Å². The molecule has 0 radical (unpaired) electrons. The molecule has 8 aromatic carbocycles. The van der Waals surface area contributed by atoms with E-state index in [-0.39, 0.29) is 0 Å². The summed E-state index contributed by atoms with van der Waals surface area (Å²) >= 11 is 0. The van der Waals surface area contributed by atoms with Gasteiger partial charge in [0.1, 0.15) is 11.5 Å². The molecule has 2 aliphatic heterocycles. The first kappa shape index (κ1) is 33.7. The molecule has 0 unspecified atom stereocenters. The zero-order valence-corrected chi connectivity index (χ0v) is 31.8. The largest absolute Gasteiger partial charge is 0.456 e. The van der Waals surface area contributed by atoms with Crippen LogP contribution in [0.3, 0.4) is 0 Å². The summed E-state index contributed by atoms with van der Waals surface area (Å²) < 4.78 is 9.27. The SMILES string of the molecule is C=CC=C(C=C1CN(c2ccc3c(c2)-c2ccccc2-c2cc(-n4c5ccccc5c5cc(-c6ccccc6)ccc54)ccc2O3)c2ccccc21)c1ccccc1. The van der Waals surface area contributed by atoms with E-state index in [1.165, 1.54) is 55.3 Å². The highest BCUT2D eigenvalue weighted by Crippen LogP contribution is 2.50. The Bertz CT molecular complexity index is 3130. The number of anilines is 2. The number of aromatic nitrogens is 1. The Hall–Kier alpha value is -7.62. The summed E-state index contributed by atoms with van der Waals surface area (Å²) in [6, 6.07) is 67.4. The predicted octanol–water partition coefficient (Wildman–Crippen LogP) is 14.7. The van der Waals surface area contributed by atoms with Gasteiger partial charge in [0.25, 0.3) is 0 Å². The second-order valence-corrected chi connectivity index (χ2v) is 15.0. The van der Waals surface area contributed by atoms with Crippen LogP contribution in [-0.2, 0) is 0 Å². The number of hydrogen-bond donors (Lipinski definition) is 0. The van der Waals surface area contributed by atoms with Crippen molar-refractivity contribution < 1.29 is 4.74 Å². The average Bonchev–Trinajstić information content (AvgIpc) is 3.78. The molecule has 0 saturated carbocycles. The van der Waals surface area contributed by atoms with E-state index in [9.17, 15) is 0 Å². The maximum Gasteiger partial charge on any atom is 0.135 e. The molecule has 58 heavy (non-hydrogen) atoms. The number of fused-ring (bicyclic) bond motifs is 9. The standard InChI is InChI=1S/C55H38N2O/c1-2-15-39(37-16-5-3-6-17-37)32-41-36-56(51-24-13-11-20-44(41)51)42-27-30-54-49(34-42)45-21-9-10-22-46(45)50-35-43(28-31-55(50)58-54)57-52-25-14-12-23-47(52)48-33-40(26-29-53(48)57)38-18-7-4-8-19-38/h2-35H,1,36H2. The maximum atomic E-state index is 6.88. The van der Waals surface area contributed by atoms with Crippen molar-refractivity contribution in [2.45, 2.75) is 0 Å². The van der Waals surface area contributed by atoms with Gasteiger partial charge in [-0.25, -0.2) is 0 Å². The van der Waals surface area contributed by atoms with Crippen LogP contribution < -0.4 is 9.64 Å². The van der Waals surface area contributed by atoms with Crippen molar-refractivity contribution in [2.75, 3.05) is 11.4 Å². The molecule has 0 N–H and O–H groups in total. The molecule has 0 fully saturated rings. The Morgan fingerprint density at radius 1 is 0.500 bits per heavy atom. The highest BCUT2D eigenvalue weighted by atomic mass is 16.5. The monoisotopic (exact) mass is 742 g/mol. The molecule has 1 aromatic heterocycles. The molecule has 0 aliphatic carbocycles. The normalized spacial score (nSPS) is 13.8. The summed E-state index contributed by atoms with van der Waals surface area (Å²) in [7, 11) is 0. The Kier molecular flexibility index (Phi) is 8.04. The lowest BCUT2D eigenvalue weighted by Gasteiger charge is -2.21. The summed E-state index contributed by atoms with van der Waals surface area (Å²) in [5.74, 6) is 1.69. The number of nitrogens with zero attached hydrogens (tertiary/aromatic N) is 2. The Morgan fingerprint density at radius 3 is 1.88 bits per heavy atom. The summed E-state index contributed by atoms with van der Waals surface area (Å²) in [4.78, 5) is 2.42. The summed E-state index contributed by atoms with van der Waals surface area (Å²) in [5, 5.41) is 2.47. The van der Waals surface area contributed by atoms with Gasteiger partial charge in [0, 0.05) is 51.1 Å². The molecule has 0 bridgehead atoms. The molecule has 0 spiro atoms. The average molecular weight is 743 g/mol. The van der Waals surface area contributed by atoms with Crippen LogP contribution in [0.1, 0.15) is 11.1 Å². The molecule has 3 heteroatoms. The van der Waals surface area contributed by atoms with E-state index in [0.29, 0.717) is 0 Å². The lowest BCUT2D eigenvalue weighted by molar-refractivity contribution is 0.487. The summed E-state index contributed by atoms with van der Waals surface area (Å²) in [6.07, 6.45) is 6.27. The van der Waals surface area contributed by atoms with Crippen molar-refractivity contribution >= 4 is 44.3 Å². The van der Waals surface area contributed by atoms with Crippen LogP contribution in [0.2, 0.25) is 0 Å². The van der Waals surface area contributed by atoms with Gasteiger partial charge in [-0.1, -0.05) is 146 Å². The van der Waals surface area contributed by atoms with Gasteiger partial charge in [-0.15, -0.1) is 0 Å². The molecule has 0 amide bonds. The fraction of sp³-hybridized carbons (Fsp3) is 0.0182. The van der Waals surface area contributed by atoms with Crippen LogP contribution in [0, 0.1) is 0 Å². The van der Waals surface area contributed by atoms with Crippen molar-refractivity contribution in [2.24, 2.45) is 0 Å². The van der Waals surface area contributed by atoms with Crippen molar-refractivity contribution in [1.29, 1.82) is 0 Å². The molecular formula is C55H38N2O. The molecule has 274 valence electrons. The Balaban J connectivity index is 1.01. The van der Waals surface area contributed by atoms with Crippen LogP contribution in [0.5, 0.6) is 11.5 Å². The van der Waals surface area contributed by atoms with Crippen molar-refractivity contribution in [1.82, 2.24) is 4.57 Å². The van der Waals surface area contributed by atoms with Crippen molar-refractivity contribution in [3.05, 3.63) is 224 Å². The molecule has 9 aromatic rings. The third-order valence-corrected chi connectivity index (χ3v) is 11.6. The molecule has 0 atom stereocenters. The van der Waals surface area contributed by atoms with Gasteiger partial charge in [-0.2, -0.15) is 0 Å². The third kappa shape index (κ3) is 5.59. The van der Waals surface area contributed by atoms with E-state index in [1.54, 1.807) is 0 Å². The van der Waals surface area contributed by atoms with Gasteiger partial charge in [0.05, 0.1) is 11.0 Å². The van der Waals surface area contributed by atoms with E-state index in [2.05, 4.69) is 216 Å². The fourth-order valence-electron chi connectivity index (χ4n) is 8.92. The van der Waals surface area contributed by atoms with Gasteiger partial charge in [-0.3, -0.25) is 0 Å². The third-order valence-electron chi connectivity index (χ3n) is 11.6. The topological polar surface area (TPSA) is 17.4 Å². The van der Waals surface area contributed by atoms with Crippen LogP contribution in [0.4, 0.5) is 11.4 Å². The zero-order chi connectivity index (χ0) is 38.6. The quantitative estimate of drug-likeness (QED) is 0.158. The first-order chi connectivity index (χ1) is 28.7. The molecule has 11 rings (SSSR count). The highest BCUT2D eigenvalue weighted by molar-refractivity contribution is 6.10. The molecule has 3 nitrogen and oxygen atoms in total. The van der Waals surface area contributed by atoms with E-state index in [0.717, 1.165) is 57.2 Å². The highest BCUT2D eigenvalue weighted by Gasteiger charge is 2.28. The summed E-state index contributed by atoms with van der Waals surface area (Å²) in [5.41, 5.74) is 17.4. The molecule has 2 aliphatic rings. The molecule has 3 heterocycles. The van der Waals surface area contributed by atoms with Crippen LogP contribution >= 0.6 is 0 Å². The zero-order valence-electron chi connectivity index (χ0n) is 31.8. The minimum Gasteiger partial charge on any atom is -0.456 e. The number of benzene rings is 8. The van der Waals surface area contributed by atoms with Crippen molar-refractivity contribution in [3.8, 4) is 50.6 Å². The smallest absolute Gasteiger partial charge is 0.135 e. The number of hydrogen-bond acceptors (Lipinski definition) is 2. The van der Waals surface area contributed by atoms with E-state index < -0.39 is 0 Å². The minimum absolute atomic E-state index is 0.747. The van der Waals surface area contributed by atoms with Crippen LogP contribution in [-0.4, -0.2) is 11.1 Å². The molecule has 0 saturated heterocycles. The maximum absolute atomic E-state index is 6.88. The predicted molar refractivity (Wildman–Crippen MR) is 243 cm³/mol. The minimum atomic E-state index is 0.747. The van der Waals surface area contributed by atoms with Crippen LogP contribution in [0.25, 0.3) is 72.0 Å². The number of para-hydroxylation sites is 2. The second kappa shape index (κ2) is 13.8. The van der Waals surface area contributed by atoms with E-state index in [1.807, 2.05) is 6.08 Å². The van der Waals surface area contributed by atoms with Gasteiger partial charge >= 0.3 is 0 Å². The van der Waals surface area contributed by atoms with Crippen molar-refractivity contribution in [3.63, 3.8) is 0 Å². The lowest BCUT2D eigenvalue weighted by atomic mass is 9.94. The second-order valence-electron chi connectivity index (χ2n) is 15.0. The van der Waals surface area contributed by atoms with Gasteiger partial charge in [0.15, 0.2) is 0 Å². The van der Waals surface area contributed by atoms with Crippen LogP contribution in [0.15, 0.2) is 213 Å². The van der Waals surface area contributed by atoms with Gasteiger partial charge in [-0.05, 0) is 106 Å². The first-order valence-electron chi connectivity index (χ1n) is 19.8. The summed E-state index contributed by atoms with van der Waals surface area (Å²) in [6.45, 7) is 4.76. The number of ether oxygens (including phenoxy) is 1. The Morgan fingerprint density at radius 2 is 1.12 bits per heavy atom. The fourth-order valence-corrected chi connectivity index (χ4v) is 8.92. The Labute approximate surface area is 338 Å². The first-order valence-corrected chi connectivity index (χ1v) is 19.8. The van der Waals surface area contributed by atoms with Gasteiger partial charge < -0.3 is 14.2 Å². The number of rotatable bonds is 6. The lowest BCUT2D eigenvalue weighted by Crippen LogP contribution is -2.13. The molecular weight excluding hydrogens is 705 g/mol. The number of allylic oxidation sites excluding steroid dienone is 4.